The van der Waals surface area contributed by atoms with Crippen LogP contribution in [0.3, 0.4) is 0 Å². The van der Waals surface area contributed by atoms with Crippen molar-refractivity contribution in [3.8, 4) is 5.75 Å². The third-order valence-electron chi connectivity index (χ3n) is 5.26. The minimum atomic E-state index is -3.61. The lowest BCUT2D eigenvalue weighted by atomic mass is 10.2. The number of amides is 1. The number of sulfonamides is 1. The summed E-state index contributed by atoms with van der Waals surface area (Å²) in [6.45, 7) is 1.43. The molecule has 0 bridgehead atoms. The third-order valence-corrected chi connectivity index (χ3v) is 7.17. The number of morpholine rings is 1. The predicted octanol–water partition coefficient (Wildman–Crippen LogP) is 2.92. The van der Waals surface area contributed by atoms with Gasteiger partial charge in [-0.2, -0.15) is 4.31 Å². The van der Waals surface area contributed by atoms with Crippen LogP contribution in [0.4, 0.5) is 5.69 Å². The van der Waals surface area contributed by atoms with Crippen LogP contribution < -0.4 is 10.1 Å². The number of anilines is 1. The van der Waals surface area contributed by atoms with Crippen LogP contribution in [0.1, 0.15) is 26.7 Å². The van der Waals surface area contributed by atoms with Crippen molar-refractivity contribution in [1.29, 1.82) is 0 Å². The predicted molar refractivity (Wildman–Crippen MR) is 125 cm³/mol. The maximum Gasteiger partial charge on any atom is 0.337 e. The molecule has 0 aliphatic carbocycles. The first kappa shape index (κ1) is 24.5. The van der Waals surface area contributed by atoms with Crippen molar-refractivity contribution in [2.24, 2.45) is 0 Å². The van der Waals surface area contributed by atoms with Crippen LogP contribution in [0, 0.1) is 0 Å². The normalized spacial score (nSPS) is 14.3. The Morgan fingerprint density at radius 2 is 1.66 bits per heavy atom. The van der Waals surface area contributed by atoms with Gasteiger partial charge in [0.1, 0.15) is 18.1 Å². The molecule has 184 valence electrons. The molecule has 1 N–H and O–H groups in total. The summed E-state index contributed by atoms with van der Waals surface area (Å²) in [5.74, 6) is 0.107. The fraction of sp³-hybridized carbons (Fsp3) is 0.250. The molecule has 1 saturated heterocycles. The first-order valence-electron chi connectivity index (χ1n) is 10.8. The second-order valence-corrected chi connectivity index (χ2v) is 9.50. The van der Waals surface area contributed by atoms with Crippen LogP contribution in [0.2, 0.25) is 0 Å². The molecule has 0 unspecified atom stereocenters. The number of nitrogens with one attached hydrogen (secondary N) is 1. The SMILES string of the molecule is COC(=O)c1ccc(OCc2ccc(C(=O)Nc3ccc(S(=O)(=O)N4CCOCC4)cc3)o2)cc1. The fourth-order valence-electron chi connectivity index (χ4n) is 3.38. The molecule has 1 aliphatic heterocycles. The van der Waals surface area contributed by atoms with Crippen molar-refractivity contribution in [1.82, 2.24) is 4.31 Å². The summed E-state index contributed by atoms with van der Waals surface area (Å²) in [6.07, 6.45) is 0. The number of carbonyl (C=O) groups is 2. The van der Waals surface area contributed by atoms with Gasteiger partial charge in [-0.05, 0) is 60.7 Å². The van der Waals surface area contributed by atoms with Gasteiger partial charge in [0.05, 0.1) is 30.8 Å². The Balaban J connectivity index is 1.32. The third kappa shape index (κ3) is 5.88. The van der Waals surface area contributed by atoms with Crippen molar-refractivity contribution >= 4 is 27.6 Å². The van der Waals surface area contributed by atoms with Crippen molar-refractivity contribution in [3.63, 3.8) is 0 Å². The molecular formula is C24H24N2O8S. The van der Waals surface area contributed by atoms with E-state index in [0.29, 0.717) is 49.1 Å². The number of carbonyl (C=O) groups excluding carboxylic acids is 2. The Kier molecular flexibility index (Phi) is 7.49. The van der Waals surface area contributed by atoms with E-state index in [0.717, 1.165) is 0 Å². The number of hydrogen-bond donors (Lipinski definition) is 1. The molecule has 0 spiro atoms. The van der Waals surface area contributed by atoms with Gasteiger partial charge in [0.2, 0.25) is 10.0 Å². The number of ether oxygens (including phenoxy) is 3. The van der Waals surface area contributed by atoms with E-state index >= 15 is 0 Å². The van der Waals surface area contributed by atoms with Crippen LogP contribution in [0.5, 0.6) is 5.75 Å². The van der Waals surface area contributed by atoms with Gasteiger partial charge in [-0.15, -0.1) is 0 Å². The van der Waals surface area contributed by atoms with E-state index in [9.17, 15) is 18.0 Å². The first-order chi connectivity index (χ1) is 16.9. The lowest BCUT2D eigenvalue weighted by molar-refractivity contribution is 0.0600. The topological polar surface area (TPSA) is 124 Å². The number of methoxy groups -OCH3 is 1. The van der Waals surface area contributed by atoms with E-state index in [-0.39, 0.29) is 17.3 Å². The minimum Gasteiger partial charge on any atom is -0.486 e. The highest BCUT2D eigenvalue weighted by Crippen LogP contribution is 2.21. The highest BCUT2D eigenvalue weighted by molar-refractivity contribution is 7.89. The van der Waals surface area contributed by atoms with Crippen molar-refractivity contribution in [3.05, 3.63) is 77.7 Å². The van der Waals surface area contributed by atoms with Crippen molar-refractivity contribution < 1.29 is 36.6 Å². The summed E-state index contributed by atoms with van der Waals surface area (Å²) < 4.78 is 47.8. The van der Waals surface area contributed by atoms with Gasteiger partial charge >= 0.3 is 5.97 Å². The Hall–Kier alpha value is -3.67. The van der Waals surface area contributed by atoms with Crippen LogP contribution in [0.25, 0.3) is 0 Å². The molecule has 35 heavy (non-hydrogen) atoms. The summed E-state index contributed by atoms with van der Waals surface area (Å²) in [5, 5.41) is 2.68. The monoisotopic (exact) mass is 500 g/mol. The Morgan fingerprint density at radius 1 is 0.971 bits per heavy atom. The standard InChI is InChI=1S/C24H24N2O8S/c1-31-24(28)17-2-6-19(7-3-17)33-16-20-8-11-22(34-20)23(27)25-18-4-9-21(10-5-18)35(29,30)26-12-14-32-15-13-26/h2-11H,12-16H2,1H3,(H,25,27). The van der Waals surface area contributed by atoms with Gasteiger partial charge < -0.3 is 23.9 Å². The average Bonchev–Trinajstić information content (AvgIpc) is 3.37. The van der Waals surface area contributed by atoms with E-state index in [1.54, 1.807) is 30.3 Å². The van der Waals surface area contributed by atoms with E-state index in [2.05, 4.69) is 10.1 Å². The van der Waals surface area contributed by atoms with Crippen LogP contribution in [0.15, 0.2) is 70.0 Å². The zero-order valence-corrected chi connectivity index (χ0v) is 19.7. The lowest BCUT2D eigenvalue weighted by Gasteiger charge is -2.26. The van der Waals surface area contributed by atoms with E-state index in [4.69, 9.17) is 13.9 Å². The number of furan rings is 1. The second-order valence-electron chi connectivity index (χ2n) is 7.57. The summed E-state index contributed by atoms with van der Waals surface area (Å²) in [6, 6.07) is 15.5. The maximum atomic E-state index is 12.7. The summed E-state index contributed by atoms with van der Waals surface area (Å²) >= 11 is 0. The van der Waals surface area contributed by atoms with Gasteiger partial charge in [-0.25, -0.2) is 13.2 Å². The minimum absolute atomic E-state index is 0.0784. The Labute approximate surface area is 202 Å². The molecule has 10 nitrogen and oxygen atoms in total. The van der Waals surface area contributed by atoms with Crippen molar-refractivity contribution in [2.75, 3.05) is 38.7 Å². The molecule has 2 aromatic carbocycles. The molecular weight excluding hydrogens is 476 g/mol. The average molecular weight is 501 g/mol. The lowest BCUT2D eigenvalue weighted by Crippen LogP contribution is -2.40. The number of esters is 1. The van der Waals surface area contributed by atoms with Crippen LogP contribution in [-0.2, 0) is 26.1 Å². The molecule has 4 rings (SSSR count). The quantitative estimate of drug-likeness (QED) is 0.468. The first-order valence-corrected chi connectivity index (χ1v) is 12.2. The zero-order chi connectivity index (χ0) is 24.8. The molecule has 0 saturated carbocycles. The summed E-state index contributed by atoms with van der Waals surface area (Å²) in [7, 11) is -2.30. The molecule has 0 atom stereocenters. The van der Waals surface area contributed by atoms with Gasteiger partial charge in [0.25, 0.3) is 5.91 Å². The number of hydrogen-bond acceptors (Lipinski definition) is 8. The molecule has 3 aromatic rings. The van der Waals surface area contributed by atoms with Gasteiger partial charge in [-0.3, -0.25) is 4.79 Å². The molecule has 1 aliphatic rings. The number of rotatable bonds is 8. The Morgan fingerprint density at radius 3 is 2.31 bits per heavy atom. The fourth-order valence-corrected chi connectivity index (χ4v) is 4.78. The van der Waals surface area contributed by atoms with Crippen molar-refractivity contribution in [2.45, 2.75) is 11.5 Å². The van der Waals surface area contributed by atoms with Crippen LogP contribution in [-0.4, -0.2) is 58.0 Å². The smallest absolute Gasteiger partial charge is 0.337 e. The van der Waals surface area contributed by atoms with E-state index < -0.39 is 21.9 Å². The molecule has 1 fully saturated rings. The molecule has 0 radical (unpaired) electrons. The zero-order valence-electron chi connectivity index (χ0n) is 18.9. The van der Waals surface area contributed by atoms with E-state index in [1.807, 2.05) is 0 Å². The highest BCUT2D eigenvalue weighted by Gasteiger charge is 2.26. The maximum absolute atomic E-state index is 12.7. The number of nitrogens with zero attached hydrogens (tertiary/aromatic N) is 1. The Bertz CT molecular complexity index is 1280. The summed E-state index contributed by atoms with van der Waals surface area (Å²) in [4.78, 5) is 24.2. The second kappa shape index (κ2) is 10.7. The molecule has 2 heterocycles. The molecule has 1 amide bonds. The van der Waals surface area contributed by atoms with Gasteiger partial charge in [0.15, 0.2) is 5.76 Å². The van der Waals surface area contributed by atoms with Gasteiger partial charge in [-0.1, -0.05) is 0 Å². The molecule has 11 heteroatoms. The highest BCUT2D eigenvalue weighted by atomic mass is 32.2. The van der Waals surface area contributed by atoms with E-state index in [1.165, 1.54) is 41.7 Å². The molecule has 1 aromatic heterocycles. The summed E-state index contributed by atoms with van der Waals surface area (Å²) in [5.41, 5.74) is 0.833. The van der Waals surface area contributed by atoms with Crippen LogP contribution >= 0.6 is 0 Å². The largest absolute Gasteiger partial charge is 0.486 e. The van der Waals surface area contributed by atoms with Gasteiger partial charge in [0, 0.05) is 18.8 Å². The number of benzene rings is 2.